The fourth-order valence-corrected chi connectivity index (χ4v) is 3.81. The summed E-state index contributed by atoms with van der Waals surface area (Å²) in [6, 6.07) is 4.46. The van der Waals surface area contributed by atoms with Gasteiger partial charge in [0, 0.05) is 11.4 Å². The highest BCUT2D eigenvalue weighted by atomic mass is 14.7. The fourth-order valence-electron chi connectivity index (χ4n) is 3.81. The minimum Gasteiger partial charge on any atom is -0.258 e. The van der Waals surface area contributed by atoms with Crippen molar-refractivity contribution in [2.45, 2.75) is 65.7 Å². The first-order valence-corrected chi connectivity index (χ1v) is 6.69. The molecule has 1 nitrogen and oxygen atoms in total. The molecule has 0 aliphatic heterocycles. The van der Waals surface area contributed by atoms with E-state index in [0.717, 1.165) is 5.69 Å². The number of hydrogen-bond donors (Lipinski definition) is 0. The SMILES string of the molecule is Cc1ccc2c(n1)C(C)CC(C)(C)CC2(C)C. The van der Waals surface area contributed by atoms with Gasteiger partial charge in [0.2, 0.25) is 0 Å². The van der Waals surface area contributed by atoms with Gasteiger partial charge in [0.1, 0.15) is 0 Å². The number of nitrogens with zero attached hydrogens (tertiary/aromatic N) is 1. The second kappa shape index (κ2) is 3.83. The van der Waals surface area contributed by atoms with Crippen molar-refractivity contribution in [3.05, 3.63) is 29.1 Å². The van der Waals surface area contributed by atoms with Gasteiger partial charge < -0.3 is 0 Å². The van der Waals surface area contributed by atoms with Gasteiger partial charge >= 0.3 is 0 Å². The van der Waals surface area contributed by atoms with E-state index in [2.05, 4.69) is 53.7 Å². The zero-order chi connectivity index (χ0) is 12.8. The predicted octanol–water partition coefficient (Wildman–Crippen LogP) is 4.59. The van der Waals surface area contributed by atoms with Crippen LogP contribution in [0.1, 0.15) is 70.3 Å². The van der Waals surface area contributed by atoms with Crippen molar-refractivity contribution in [3.63, 3.8) is 0 Å². The lowest BCUT2D eigenvalue weighted by atomic mass is 9.72. The van der Waals surface area contributed by atoms with Crippen molar-refractivity contribution >= 4 is 0 Å². The second-order valence-corrected chi connectivity index (χ2v) is 7.22. The molecule has 0 bridgehead atoms. The van der Waals surface area contributed by atoms with Gasteiger partial charge in [-0.05, 0) is 48.1 Å². The summed E-state index contributed by atoms with van der Waals surface area (Å²) in [7, 11) is 0. The van der Waals surface area contributed by atoms with E-state index in [9.17, 15) is 0 Å². The Kier molecular flexibility index (Phi) is 2.84. The summed E-state index contributed by atoms with van der Waals surface area (Å²) in [6.45, 7) is 13.9. The molecule has 1 heteroatoms. The molecule has 94 valence electrons. The average molecular weight is 231 g/mol. The molecular weight excluding hydrogens is 206 g/mol. The Bertz CT molecular complexity index is 429. The van der Waals surface area contributed by atoms with Gasteiger partial charge in [0.25, 0.3) is 0 Å². The molecule has 0 spiro atoms. The van der Waals surface area contributed by atoms with Crippen LogP contribution in [0.15, 0.2) is 12.1 Å². The van der Waals surface area contributed by atoms with E-state index in [1.807, 2.05) is 0 Å². The second-order valence-electron chi connectivity index (χ2n) is 7.22. The van der Waals surface area contributed by atoms with Gasteiger partial charge in [-0.2, -0.15) is 0 Å². The molecule has 0 saturated carbocycles. The highest BCUT2D eigenvalue weighted by molar-refractivity contribution is 5.34. The minimum atomic E-state index is 0.240. The van der Waals surface area contributed by atoms with Crippen LogP contribution in [0.4, 0.5) is 0 Å². The minimum absolute atomic E-state index is 0.240. The van der Waals surface area contributed by atoms with Crippen molar-refractivity contribution in [3.8, 4) is 0 Å². The maximum absolute atomic E-state index is 4.82. The lowest BCUT2D eigenvalue weighted by Crippen LogP contribution is -2.25. The van der Waals surface area contributed by atoms with Crippen molar-refractivity contribution in [1.82, 2.24) is 4.98 Å². The molecule has 1 atom stereocenters. The summed E-state index contributed by atoms with van der Waals surface area (Å²) in [5.74, 6) is 0.571. The van der Waals surface area contributed by atoms with Crippen LogP contribution in [-0.2, 0) is 5.41 Å². The third-order valence-electron chi connectivity index (χ3n) is 4.04. The average Bonchev–Trinajstić information content (AvgIpc) is 2.19. The largest absolute Gasteiger partial charge is 0.258 e. The summed E-state index contributed by atoms with van der Waals surface area (Å²) in [5.41, 5.74) is 4.58. The molecule has 17 heavy (non-hydrogen) atoms. The zero-order valence-electron chi connectivity index (χ0n) is 12.1. The van der Waals surface area contributed by atoms with E-state index in [4.69, 9.17) is 4.98 Å². The summed E-state index contributed by atoms with van der Waals surface area (Å²) < 4.78 is 0. The Morgan fingerprint density at radius 2 is 1.82 bits per heavy atom. The third-order valence-corrected chi connectivity index (χ3v) is 4.04. The number of pyridine rings is 1. The zero-order valence-corrected chi connectivity index (χ0v) is 12.1. The number of rotatable bonds is 0. The Labute approximate surface area is 106 Å². The summed E-state index contributed by atoms with van der Waals surface area (Å²) in [4.78, 5) is 4.82. The van der Waals surface area contributed by atoms with E-state index < -0.39 is 0 Å². The van der Waals surface area contributed by atoms with Crippen LogP contribution >= 0.6 is 0 Å². The summed E-state index contributed by atoms with van der Waals surface area (Å²) >= 11 is 0. The highest BCUT2D eigenvalue weighted by Crippen LogP contribution is 2.47. The van der Waals surface area contributed by atoms with Gasteiger partial charge in [0.15, 0.2) is 0 Å². The molecule has 0 N–H and O–H groups in total. The van der Waals surface area contributed by atoms with E-state index >= 15 is 0 Å². The molecular formula is C16H25N. The Balaban J connectivity index is 2.58. The van der Waals surface area contributed by atoms with Crippen molar-refractivity contribution in [2.24, 2.45) is 5.41 Å². The van der Waals surface area contributed by atoms with Crippen LogP contribution in [0.5, 0.6) is 0 Å². The molecule has 1 aliphatic carbocycles. The van der Waals surface area contributed by atoms with Crippen molar-refractivity contribution in [1.29, 1.82) is 0 Å². The molecule has 0 aromatic carbocycles. The molecule has 1 heterocycles. The Morgan fingerprint density at radius 1 is 1.18 bits per heavy atom. The first kappa shape index (κ1) is 12.6. The van der Waals surface area contributed by atoms with E-state index in [-0.39, 0.29) is 5.41 Å². The molecule has 1 unspecified atom stereocenters. The molecule has 0 radical (unpaired) electrons. The lowest BCUT2D eigenvalue weighted by Gasteiger charge is -2.32. The monoisotopic (exact) mass is 231 g/mol. The maximum atomic E-state index is 4.82. The Morgan fingerprint density at radius 3 is 2.47 bits per heavy atom. The number of hydrogen-bond acceptors (Lipinski definition) is 1. The van der Waals surface area contributed by atoms with Gasteiger partial charge in [-0.25, -0.2) is 0 Å². The standard InChI is InChI=1S/C16H25N/c1-11-9-15(3,4)10-16(5,6)13-8-7-12(2)17-14(11)13/h7-8,11H,9-10H2,1-6H3. The van der Waals surface area contributed by atoms with Gasteiger partial charge in [-0.1, -0.05) is 40.7 Å². The molecule has 1 aromatic heterocycles. The van der Waals surface area contributed by atoms with Gasteiger partial charge in [-0.15, -0.1) is 0 Å². The Hall–Kier alpha value is -0.850. The van der Waals surface area contributed by atoms with Gasteiger partial charge in [0.05, 0.1) is 0 Å². The van der Waals surface area contributed by atoms with Crippen LogP contribution in [-0.4, -0.2) is 4.98 Å². The fraction of sp³-hybridized carbons (Fsp3) is 0.688. The van der Waals surface area contributed by atoms with Gasteiger partial charge in [-0.3, -0.25) is 4.98 Å². The lowest BCUT2D eigenvalue weighted by molar-refractivity contribution is 0.240. The van der Waals surface area contributed by atoms with E-state index in [1.54, 1.807) is 0 Å². The molecule has 1 aromatic rings. The molecule has 0 saturated heterocycles. The van der Waals surface area contributed by atoms with Crippen LogP contribution in [0.25, 0.3) is 0 Å². The number of aromatic nitrogens is 1. The number of fused-ring (bicyclic) bond motifs is 1. The molecule has 2 rings (SSSR count). The number of aryl methyl sites for hydroxylation is 1. The first-order valence-electron chi connectivity index (χ1n) is 6.69. The van der Waals surface area contributed by atoms with Crippen LogP contribution in [0, 0.1) is 12.3 Å². The highest BCUT2D eigenvalue weighted by Gasteiger charge is 2.38. The molecule has 1 aliphatic rings. The van der Waals surface area contributed by atoms with Crippen molar-refractivity contribution < 1.29 is 0 Å². The smallest absolute Gasteiger partial charge is 0.0472 e. The normalized spacial score (nSPS) is 26.1. The van der Waals surface area contributed by atoms with Crippen molar-refractivity contribution in [2.75, 3.05) is 0 Å². The predicted molar refractivity (Wildman–Crippen MR) is 73.4 cm³/mol. The van der Waals surface area contributed by atoms with Crippen LogP contribution < -0.4 is 0 Å². The molecule has 0 amide bonds. The first-order chi connectivity index (χ1) is 7.71. The molecule has 0 fully saturated rings. The maximum Gasteiger partial charge on any atom is 0.0472 e. The quantitative estimate of drug-likeness (QED) is 0.595. The van der Waals surface area contributed by atoms with Crippen LogP contribution in [0.2, 0.25) is 0 Å². The van der Waals surface area contributed by atoms with Crippen LogP contribution in [0.3, 0.4) is 0 Å². The third kappa shape index (κ3) is 2.38. The topological polar surface area (TPSA) is 12.9 Å². The van der Waals surface area contributed by atoms with E-state index in [1.165, 1.54) is 24.1 Å². The van der Waals surface area contributed by atoms with E-state index in [0.29, 0.717) is 11.3 Å². The summed E-state index contributed by atoms with van der Waals surface area (Å²) in [5, 5.41) is 0. The summed E-state index contributed by atoms with van der Waals surface area (Å²) in [6.07, 6.45) is 2.47.